The minimum atomic E-state index is 0.00117. The van der Waals surface area contributed by atoms with Crippen molar-refractivity contribution < 1.29 is 9.21 Å². The van der Waals surface area contributed by atoms with E-state index in [0.29, 0.717) is 19.5 Å². The van der Waals surface area contributed by atoms with E-state index in [1.54, 1.807) is 23.9 Å². The van der Waals surface area contributed by atoms with E-state index in [4.69, 9.17) is 4.42 Å². The van der Waals surface area contributed by atoms with Crippen LogP contribution in [0.4, 0.5) is 0 Å². The molecule has 0 N–H and O–H groups in total. The molecule has 0 saturated carbocycles. The molecule has 1 amide bonds. The molecule has 0 aliphatic carbocycles. The maximum atomic E-state index is 12.5. The van der Waals surface area contributed by atoms with Crippen LogP contribution in [-0.2, 0) is 17.9 Å². The van der Waals surface area contributed by atoms with Crippen LogP contribution in [0, 0.1) is 5.41 Å². The molecule has 0 spiro atoms. The zero-order valence-corrected chi connectivity index (χ0v) is 13.1. The number of rotatable bonds is 5. The summed E-state index contributed by atoms with van der Waals surface area (Å²) < 4.78 is 5.10. The molecule has 0 radical (unpaired) electrons. The second-order valence-corrected chi connectivity index (χ2v) is 7.23. The first kappa shape index (κ1) is 14.9. The second kappa shape index (κ2) is 6.27. The van der Waals surface area contributed by atoms with Crippen LogP contribution in [0.5, 0.6) is 0 Å². The number of hydrogen-bond donors (Lipinski definition) is 0. The molecule has 0 saturated heterocycles. The Bertz CT molecular complexity index is 487. The summed E-state index contributed by atoms with van der Waals surface area (Å²) in [6.07, 6.45) is 3.90. The van der Waals surface area contributed by atoms with Gasteiger partial charge >= 0.3 is 0 Å². The van der Waals surface area contributed by atoms with Crippen molar-refractivity contribution >= 4 is 17.2 Å². The van der Waals surface area contributed by atoms with Gasteiger partial charge in [0, 0.05) is 23.4 Å². The average Bonchev–Trinajstić information content (AvgIpc) is 2.98. The Kier molecular flexibility index (Phi) is 4.65. The van der Waals surface area contributed by atoms with Gasteiger partial charge in [0.2, 0.25) is 5.91 Å². The van der Waals surface area contributed by atoms with Crippen LogP contribution in [0.1, 0.15) is 37.6 Å². The molecule has 0 aliphatic heterocycles. The summed E-state index contributed by atoms with van der Waals surface area (Å²) in [7, 11) is 0. The molecule has 2 heterocycles. The predicted molar refractivity (Wildman–Crippen MR) is 81.4 cm³/mol. The van der Waals surface area contributed by atoms with Crippen molar-refractivity contribution in [2.75, 3.05) is 0 Å². The Morgan fingerprint density at radius 1 is 1.30 bits per heavy atom. The highest BCUT2D eigenvalue weighted by Crippen LogP contribution is 2.22. The van der Waals surface area contributed by atoms with E-state index in [1.807, 2.05) is 22.4 Å². The molecule has 2 aromatic heterocycles. The third kappa shape index (κ3) is 4.53. The average molecular weight is 291 g/mol. The number of amides is 1. The number of furan rings is 1. The van der Waals surface area contributed by atoms with Crippen molar-refractivity contribution in [2.45, 2.75) is 40.3 Å². The van der Waals surface area contributed by atoms with Gasteiger partial charge in [0.15, 0.2) is 0 Å². The van der Waals surface area contributed by atoms with E-state index < -0.39 is 0 Å². The zero-order valence-electron chi connectivity index (χ0n) is 12.3. The van der Waals surface area contributed by atoms with Gasteiger partial charge in [-0.05, 0) is 22.9 Å². The highest BCUT2D eigenvalue weighted by atomic mass is 32.1. The quantitative estimate of drug-likeness (QED) is 0.822. The lowest BCUT2D eigenvalue weighted by Crippen LogP contribution is -2.32. The van der Waals surface area contributed by atoms with Crippen LogP contribution in [0.3, 0.4) is 0 Å². The molecular formula is C16H21NO2S. The largest absolute Gasteiger partial charge is 0.472 e. The van der Waals surface area contributed by atoms with Crippen LogP contribution in [0.15, 0.2) is 40.5 Å². The van der Waals surface area contributed by atoms with Crippen molar-refractivity contribution in [1.82, 2.24) is 4.90 Å². The lowest BCUT2D eigenvalue weighted by Gasteiger charge is -2.26. The Morgan fingerprint density at radius 2 is 2.10 bits per heavy atom. The summed E-state index contributed by atoms with van der Waals surface area (Å²) in [5.41, 5.74) is 1.03. The third-order valence-corrected chi connectivity index (χ3v) is 3.78. The summed E-state index contributed by atoms with van der Waals surface area (Å²) in [5.74, 6) is 0.187. The van der Waals surface area contributed by atoms with Gasteiger partial charge in [0.25, 0.3) is 0 Å². The van der Waals surface area contributed by atoms with Crippen molar-refractivity contribution in [3.8, 4) is 0 Å². The highest BCUT2D eigenvalue weighted by Gasteiger charge is 2.22. The first-order valence-corrected chi connectivity index (χ1v) is 7.63. The molecule has 0 atom stereocenters. The van der Waals surface area contributed by atoms with E-state index in [-0.39, 0.29) is 11.3 Å². The van der Waals surface area contributed by atoms with Gasteiger partial charge in [-0.15, -0.1) is 11.3 Å². The van der Waals surface area contributed by atoms with E-state index >= 15 is 0 Å². The first-order chi connectivity index (χ1) is 9.44. The van der Waals surface area contributed by atoms with E-state index in [9.17, 15) is 4.79 Å². The molecule has 2 aromatic rings. The molecule has 108 valence electrons. The van der Waals surface area contributed by atoms with E-state index in [0.717, 1.165) is 5.56 Å². The van der Waals surface area contributed by atoms with E-state index in [2.05, 4.69) is 26.8 Å². The van der Waals surface area contributed by atoms with Crippen LogP contribution in [0.2, 0.25) is 0 Å². The summed E-state index contributed by atoms with van der Waals surface area (Å²) >= 11 is 1.68. The van der Waals surface area contributed by atoms with Gasteiger partial charge in [0.05, 0.1) is 19.1 Å². The number of carbonyl (C=O) groups is 1. The van der Waals surface area contributed by atoms with Crippen molar-refractivity contribution in [3.05, 3.63) is 46.5 Å². The predicted octanol–water partition coefficient (Wildman–Crippen LogP) is 4.31. The number of carbonyl (C=O) groups excluding carboxylic acids is 1. The molecule has 3 nitrogen and oxygen atoms in total. The molecular weight excluding hydrogens is 270 g/mol. The Balaban J connectivity index is 2.08. The smallest absolute Gasteiger partial charge is 0.223 e. The topological polar surface area (TPSA) is 33.5 Å². The summed E-state index contributed by atoms with van der Waals surface area (Å²) in [5, 5.41) is 2.04. The molecule has 0 unspecified atom stereocenters. The SMILES string of the molecule is CC(C)(C)CC(=O)N(Cc1ccoc1)Cc1cccs1. The number of thiophene rings is 1. The fraction of sp³-hybridized carbons (Fsp3) is 0.438. The maximum absolute atomic E-state index is 12.5. The molecule has 0 aliphatic rings. The van der Waals surface area contributed by atoms with Crippen molar-refractivity contribution in [2.24, 2.45) is 5.41 Å². The van der Waals surface area contributed by atoms with Gasteiger partial charge < -0.3 is 9.32 Å². The fourth-order valence-corrected chi connectivity index (χ4v) is 2.71. The first-order valence-electron chi connectivity index (χ1n) is 6.75. The zero-order chi connectivity index (χ0) is 14.6. The van der Waals surface area contributed by atoms with Gasteiger partial charge in [-0.3, -0.25) is 4.79 Å². The monoisotopic (exact) mass is 291 g/mol. The minimum absolute atomic E-state index is 0.00117. The van der Waals surface area contributed by atoms with Crippen LogP contribution >= 0.6 is 11.3 Å². The molecule has 2 rings (SSSR count). The van der Waals surface area contributed by atoms with Crippen molar-refractivity contribution in [3.63, 3.8) is 0 Å². The van der Waals surface area contributed by atoms with E-state index in [1.165, 1.54) is 4.88 Å². The normalized spacial score (nSPS) is 11.6. The molecule has 0 bridgehead atoms. The van der Waals surface area contributed by atoms with Gasteiger partial charge in [-0.25, -0.2) is 0 Å². The van der Waals surface area contributed by atoms with Crippen LogP contribution in [0.25, 0.3) is 0 Å². The van der Waals surface area contributed by atoms with Gasteiger partial charge in [-0.1, -0.05) is 26.8 Å². The fourth-order valence-electron chi connectivity index (χ4n) is 1.99. The third-order valence-electron chi connectivity index (χ3n) is 2.91. The Morgan fingerprint density at radius 3 is 2.65 bits per heavy atom. The highest BCUT2D eigenvalue weighted by molar-refractivity contribution is 7.09. The standard InChI is InChI=1S/C16H21NO2S/c1-16(2,3)9-15(18)17(10-13-6-7-19-12-13)11-14-5-4-8-20-14/h4-8,12H,9-11H2,1-3H3. The van der Waals surface area contributed by atoms with Crippen molar-refractivity contribution in [1.29, 1.82) is 0 Å². The Labute approximate surface area is 124 Å². The Hall–Kier alpha value is -1.55. The summed E-state index contributed by atoms with van der Waals surface area (Å²) in [4.78, 5) is 15.6. The van der Waals surface area contributed by atoms with Crippen LogP contribution in [-0.4, -0.2) is 10.8 Å². The number of hydrogen-bond acceptors (Lipinski definition) is 3. The van der Waals surface area contributed by atoms with Gasteiger partial charge in [-0.2, -0.15) is 0 Å². The number of nitrogens with zero attached hydrogens (tertiary/aromatic N) is 1. The lowest BCUT2D eigenvalue weighted by atomic mass is 9.91. The summed E-state index contributed by atoms with van der Waals surface area (Å²) in [6, 6.07) is 5.99. The molecule has 0 fully saturated rings. The second-order valence-electron chi connectivity index (χ2n) is 6.20. The molecule has 0 aromatic carbocycles. The lowest BCUT2D eigenvalue weighted by molar-refractivity contribution is -0.134. The van der Waals surface area contributed by atoms with Gasteiger partial charge in [0.1, 0.15) is 0 Å². The molecule has 4 heteroatoms. The molecule has 20 heavy (non-hydrogen) atoms. The van der Waals surface area contributed by atoms with Crippen LogP contribution < -0.4 is 0 Å². The minimum Gasteiger partial charge on any atom is -0.472 e. The summed E-state index contributed by atoms with van der Waals surface area (Å²) in [6.45, 7) is 7.53. The maximum Gasteiger partial charge on any atom is 0.223 e.